The summed E-state index contributed by atoms with van der Waals surface area (Å²) in [5.74, 6) is 6.59. The monoisotopic (exact) mass is 284 g/mol. The number of nitrogens with zero attached hydrogens (tertiary/aromatic N) is 2. The third kappa shape index (κ3) is 2.45. The maximum Gasteiger partial charge on any atom is 0.254 e. The number of benzene rings is 1. The average molecular weight is 284 g/mol. The molecule has 0 radical (unpaired) electrons. The molecule has 2 unspecified atom stereocenters. The Balaban J connectivity index is 2.08. The molecule has 0 spiro atoms. The second kappa shape index (κ2) is 5.33. The van der Waals surface area contributed by atoms with Gasteiger partial charge in [0.1, 0.15) is 5.82 Å². The number of likely N-dealkylation sites (tertiary alicyclic amines) is 1. The van der Waals surface area contributed by atoms with E-state index >= 15 is 0 Å². The van der Waals surface area contributed by atoms with E-state index in [1.54, 1.807) is 6.07 Å². The topological polar surface area (TPSA) is 71.2 Å². The Morgan fingerprint density at radius 3 is 2.81 bits per heavy atom. The molecule has 2 atom stereocenters. The van der Waals surface area contributed by atoms with Gasteiger partial charge < -0.3 is 10.3 Å². The Hall–Kier alpha value is -2.14. The third-order valence-corrected chi connectivity index (χ3v) is 4.14. The summed E-state index contributed by atoms with van der Waals surface area (Å²) in [6, 6.07) is 9.66. The minimum atomic E-state index is 0.0574. The van der Waals surface area contributed by atoms with Crippen LogP contribution in [0.15, 0.2) is 30.3 Å². The Labute approximate surface area is 124 Å². The van der Waals surface area contributed by atoms with Crippen molar-refractivity contribution in [3.63, 3.8) is 0 Å². The number of para-hydroxylation sites is 1. The first-order chi connectivity index (χ1) is 10.1. The maximum absolute atomic E-state index is 12.9. The predicted molar refractivity (Wildman–Crippen MR) is 83.8 cm³/mol. The summed E-state index contributed by atoms with van der Waals surface area (Å²) in [6.07, 6.45) is 1.05. The van der Waals surface area contributed by atoms with E-state index in [0.717, 1.165) is 23.9 Å². The quantitative estimate of drug-likeness (QED) is 0.656. The van der Waals surface area contributed by atoms with Crippen LogP contribution < -0.4 is 11.3 Å². The minimum absolute atomic E-state index is 0.0574. The van der Waals surface area contributed by atoms with Crippen molar-refractivity contribution < 1.29 is 4.79 Å². The smallest absolute Gasteiger partial charge is 0.254 e. The fraction of sp³-hybridized carbons (Fsp3) is 0.375. The summed E-state index contributed by atoms with van der Waals surface area (Å²) < 4.78 is 0. The average Bonchev–Trinajstić information content (AvgIpc) is 2.84. The van der Waals surface area contributed by atoms with E-state index in [-0.39, 0.29) is 11.9 Å². The molecule has 1 aliphatic rings. The van der Waals surface area contributed by atoms with Gasteiger partial charge in [-0.05, 0) is 31.4 Å². The number of hydrogen-bond acceptors (Lipinski definition) is 4. The van der Waals surface area contributed by atoms with Gasteiger partial charge in [0.25, 0.3) is 5.91 Å². The lowest BCUT2D eigenvalue weighted by atomic mass is 10.1. The molecule has 2 heterocycles. The Bertz CT molecular complexity index is 685. The molecular formula is C16H20N4O. The van der Waals surface area contributed by atoms with Crippen LogP contribution in [0, 0.1) is 5.92 Å². The van der Waals surface area contributed by atoms with Crippen LogP contribution in [0.5, 0.6) is 0 Å². The van der Waals surface area contributed by atoms with E-state index in [1.807, 2.05) is 29.2 Å². The summed E-state index contributed by atoms with van der Waals surface area (Å²) in [5.41, 5.74) is 3.98. The van der Waals surface area contributed by atoms with Crippen LogP contribution in [-0.2, 0) is 0 Å². The van der Waals surface area contributed by atoms with Crippen LogP contribution in [0.2, 0.25) is 0 Å². The lowest BCUT2D eigenvalue weighted by Gasteiger charge is -2.22. The molecule has 1 aliphatic heterocycles. The molecule has 5 heteroatoms. The molecule has 1 aromatic heterocycles. The van der Waals surface area contributed by atoms with Crippen molar-refractivity contribution in [3.8, 4) is 0 Å². The van der Waals surface area contributed by atoms with Crippen molar-refractivity contribution in [2.75, 3.05) is 12.0 Å². The summed E-state index contributed by atoms with van der Waals surface area (Å²) in [4.78, 5) is 19.3. The molecule has 110 valence electrons. The van der Waals surface area contributed by atoms with Gasteiger partial charge in [-0.2, -0.15) is 0 Å². The first-order valence-corrected chi connectivity index (χ1v) is 7.27. The van der Waals surface area contributed by atoms with Crippen molar-refractivity contribution in [1.29, 1.82) is 0 Å². The van der Waals surface area contributed by atoms with E-state index in [2.05, 4.69) is 24.3 Å². The number of pyridine rings is 1. The number of anilines is 1. The number of aromatic nitrogens is 1. The van der Waals surface area contributed by atoms with Gasteiger partial charge in [-0.1, -0.05) is 25.1 Å². The number of nitrogens with two attached hydrogens (primary N) is 1. The fourth-order valence-electron chi connectivity index (χ4n) is 3.16. The number of carbonyl (C=O) groups excluding carboxylic acids is 1. The van der Waals surface area contributed by atoms with Crippen molar-refractivity contribution in [2.45, 2.75) is 26.3 Å². The largest absolute Gasteiger partial charge is 0.336 e. The van der Waals surface area contributed by atoms with Gasteiger partial charge in [-0.15, -0.1) is 0 Å². The van der Waals surface area contributed by atoms with Gasteiger partial charge in [0.05, 0.1) is 11.1 Å². The first kappa shape index (κ1) is 13.8. The number of carbonyl (C=O) groups is 1. The van der Waals surface area contributed by atoms with Crippen LogP contribution in [-0.4, -0.2) is 28.4 Å². The van der Waals surface area contributed by atoms with Gasteiger partial charge in [0.2, 0.25) is 0 Å². The molecule has 2 aromatic rings. The molecule has 1 fully saturated rings. The van der Waals surface area contributed by atoms with Gasteiger partial charge in [-0.25, -0.2) is 10.8 Å². The summed E-state index contributed by atoms with van der Waals surface area (Å²) >= 11 is 0. The SMILES string of the molecule is CC1CC(C)N(C(=O)c2cc(NN)nc3ccccc23)C1. The molecule has 1 saturated heterocycles. The number of hydrogen-bond donors (Lipinski definition) is 2. The van der Waals surface area contributed by atoms with E-state index in [9.17, 15) is 4.79 Å². The van der Waals surface area contributed by atoms with Gasteiger partial charge in [0.15, 0.2) is 0 Å². The molecule has 5 nitrogen and oxygen atoms in total. The molecular weight excluding hydrogens is 264 g/mol. The highest BCUT2D eigenvalue weighted by Gasteiger charge is 2.31. The number of rotatable bonds is 2. The summed E-state index contributed by atoms with van der Waals surface area (Å²) in [5, 5.41) is 0.869. The number of nitrogens with one attached hydrogen (secondary N) is 1. The van der Waals surface area contributed by atoms with E-state index < -0.39 is 0 Å². The van der Waals surface area contributed by atoms with E-state index in [0.29, 0.717) is 17.3 Å². The molecule has 0 saturated carbocycles. The van der Waals surface area contributed by atoms with Crippen molar-refractivity contribution in [3.05, 3.63) is 35.9 Å². The second-order valence-corrected chi connectivity index (χ2v) is 5.86. The fourth-order valence-corrected chi connectivity index (χ4v) is 3.16. The zero-order valence-corrected chi connectivity index (χ0v) is 12.3. The summed E-state index contributed by atoms with van der Waals surface area (Å²) in [7, 11) is 0. The molecule has 0 bridgehead atoms. The Kier molecular flexibility index (Phi) is 3.51. The molecule has 1 amide bonds. The maximum atomic E-state index is 12.9. The van der Waals surface area contributed by atoms with E-state index in [4.69, 9.17) is 5.84 Å². The highest BCUT2D eigenvalue weighted by atomic mass is 16.2. The lowest BCUT2D eigenvalue weighted by Crippen LogP contribution is -2.34. The standard InChI is InChI=1S/C16H20N4O/c1-10-7-11(2)20(9-10)16(21)13-8-15(19-17)18-14-6-4-3-5-12(13)14/h3-6,8,10-11H,7,9,17H2,1-2H3,(H,18,19). The second-order valence-electron chi connectivity index (χ2n) is 5.86. The minimum Gasteiger partial charge on any atom is -0.336 e. The zero-order chi connectivity index (χ0) is 15.0. The third-order valence-electron chi connectivity index (χ3n) is 4.14. The van der Waals surface area contributed by atoms with Gasteiger partial charge >= 0.3 is 0 Å². The summed E-state index contributed by atoms with van der Waals surface area (Å²) in [6.45, 7) is 5.09. The number of fused-ring (bicyclic) bond motifs is 1. The Morgan fingerprint density at radius 2 is 2.14 bits per heavy atom. The van der Waals surface area contributed by atoms with E-state index in [1.165, 1.54) is 0 Å². The highest BCUT2D eigenvalue weighted by Crippen LogP contribution is 2.27. The normalized spacial score (nSPS) is 21.8. The van der Waals surface area contributed by atoms with Crippen molar-refractivity contribution >= 4 is 22.6 Å². The van der Waals surface area contributed by atoms with Gasteiger partial charge in [-0.3, -0.25) is 4.79 Å². The number of nitrogen functional groups attached to an aromatic ring is 1. The molecule has 0 aliphatic carbocycles. The van der Waals surface area contributed by atoms with Gasteiger partial charge in [0, 0.05) is 18.0 Å². The molecule has 3 rings (SSSR count). The van der Waals surface area contributed by atoms with Crippen LogP contribution in [0.25, 0.3) is 10.9 Å². The number of amides is 1. The lowest BCUT2D eigenvalue weighted by molar-refractivity contribution is 0.0746. The Morgan fingerprint density at radius 1 is 1.38 bits per heavy atom. The number of hydrazine groups is 1. The molecule has 3 N–H and O–H groups in total. The first-order valence-electron chi connectivity index (χ1n) is 7.27. The van der Waals surface area contributed by atoms with Crippen LogP contribution in [0.3, 0.4) is 0 Å². The molecule has 21 heavy (non-hydrogen) atoms. The zero-order valence-electron chi connectivity index (χ0n) is 12.3. The predicted octanol–water partition coefficient (Wildman–Crippen LogP) is 2.39. The molecule has 1 aromatic carbocycles. The van der Waals surface area contributed by atoms with Crippen LogP contribution >= 0.6 is 0 Å². The van der Waals surface area contributed by atoms with Crippen LogP contribution in [0.4, 0.5) is 5.82 Å². The van der Waals surface area contributed by atoms with Crippen molar-refractivity contribution in [2.24, 2.45) is 11.8 Å². The highest BCUT2D eigenvalue weighted by molar-refractivity contribution is 6.07. The van der Waals surface area contributed by atoms with Crippen LogP contribution in [0.1, 0.15) is 30.6 Å². The van der Waals surface area contributed by atoms with Crippen molar-refractivity contribution in [1.82, 2.24) is 9.88 Å².